The molecule has 0 bridgehead atoms. The molecule has 0 saturated carbocycles. The Labute approximate surface area is 60.6 Å². The standard InChI is InChI=1S/C7H13NO2/c1-4-5(2)7(10)8(3)6(4)9/h4-6,9H,1-3H3. The zero-order chi connectivity index (χ0) is 7.89. The fourth-order valence-electron chi connectivity index (χ4n) is 1.29. The van der Waals surface area contributed by atoms with Gasteiger partial charge in [-0.1, -0.05) is 13.8 Å². The molecular formula is C7H13NO2. The number of hydrogen-bond acceptors (Lipinski definition) is 2. The number of carbonyl (C=O) groups excluding carboxylic acids is 1. The molecule has 10 heavy (non-hydrogen) atoms. The lowest BCUT2D eigenvalue weighted by molar-refractivity contribution is -0.133. The quantitative estimate of drug-likeness (QED) is 0.520. The molecule has 0 aromatic carbocycles. The molecule has 3 atom stereocenters. The molecule has 1 fully saturated rings. The normalized spacial score (nSPS) is 41.0. The Hall–Kier alpha value is -0.570. The van der Waals surface area contributed by atoms with Crippen LogP contribution in [0.4, 0.5) is 0 Å². The van der Waals surface area contributed by atoms with E-state index in [1.807, 2.05) is 13.8 Å². The summed E-state index contributed by atoms with van der Waals surface area (Å²) >= 11 is 0. The van der Waals surface area contributed by atoms with Crippen LogP contribution in [0.1, 0.15) is 13.8 Å². The van der Waals surface area contributed by atoms with Crippen molar-refractivity contribution in [2.75, 3.05) is 7.05 Å². The van der Waals surface area contributed by atoms with E-state index in [2.05, 4.69) is 0 Å². The molecule has 1 N–H and O–H groups in total. The molecule has 58 valence electrons. The maximum atomic E-state index is 11.1. The molecule has 0 aromatic heterocycles. The Morgan fingerprint density at radius 2 is 2.00 bits per heavy atom. The summed E-state index contributed by atoms with van der Waals surface area (Å²) < 4.78 is 0. The van der Waals surface area contributed by atoms with Gasteiger partial charge < -0.3 is 10.0 Å². The third kappa shape index (κ3) is 0.814. The molecule has 1 rings (SSSR count). The lowest BCUT2D eigenvalue weighted by atomic mass is 9.99. The lowest BCUT2D eigenvalue weighted by Gasteiger charge is -2.15. The van der Waals surface area contributed by atoms with Gasteiger partial charge in [0, 0.05) is 18.9 Å². The van der Waals surface area contributed by atoms with Gasteiger partial charge in [-0.15, -0.1) is 0 Å². The van der Waals surface area contributed by atoms with E-state index < -0.39 is 6.23 Å². The molecule has 0 radical (unpaired) electrons. The van der Waals surface area contributed by atoms with Crippen molar-refractivity contribution in [3.05, 3.63) is 0 Å². The Kier molecular flexibility index (Phi) is 1.68. The molecule has 3 nitrogen and oxygen atoms in total. The van der Waals surface area contributed by atoms with Crippen molar-refractivity contribution in [3.8, 4) is 0 Å². The van der Waals surface area contributed by atoms with Crippen molar-refractivity contribution < 1.29 is 9.90 Å². The Bertz CT molecular complexity index is 142. The van der Waals surface area contributed by atoms with E-state index in [0.29, 0.717) is 0 Å². The maximum absolute atomic E-state index is 11.1. The van der Waals surface area contributed by atoms with E-state index in [-0.39, 0.29) is 17.7 Å². The minimum atomic E-state index is -0.581. The van der Waals surface area contributed by atoms with E-state index in [4.69, 9.17) is 0 Å². The fraction of sp³-hybridized carbons (Fsp3) is 0.857. The minimum absolute atomic E-state index is 0.0278. The molecule has 1 amide bonds. The molecule has 0 spiro atoms. The first-order valence-electron chi connectivity index (χ1n) is 3.50. The van der Waals surface area contributed by atoms with Crippen LogP contribution in [0.25, 0.3) is 0 Å². The number of hydrogen-bond donors (Lipinski definition) is 1. The molecule has 0 aliphatic carbocycles. The highest BCUT2D eigenvalue weighted by Crippen LogP contribution is 2.26. The van der Waals surface area contributed by atoms with Crippen LogP contribution in [0.2, 0.25) is 0 Å². The number of carbonyl (C=O) groups is 1. The smallest absolute Gasteiger partial charge is 0.227 e. The van der Waals surface area contributed by atoms with Crippen LogP contribution in [0.15, 0.2) is 0 Å². The number of nitrogens with zero attached hydrogens (tertiary/aromatic N) is 1. The van der Waals surface area contributed by atoms with E-state index in [9.17, 15) is 9.90 Å². The van der Waals surface area contributed by atoms with Gasteiger partial charge in [0.1, 0.15) is 6.23 Å². The third-order valence-electron chi connectivity index (χ3n) is 2.39. The summed E-state index contributed by atoms with van der Waals surface area (Å²) in [5.41, 5.74) is 0. The Morgan fingerprint density at radius 3 is 2.10 bits per heavy atom. The average molecular weight is 143 g/mol. The fourth-order valence-corrected chi connectivity index (χ4v) is 1.29. The van der Waals surface area contributed by atoms with Crippen molar-refractivity contribution in [2.45, 2.75) is 20.1 Å². The molecule has 3 heteroatoms. The van der Waals surface area contributed by atoms with Gasteiger partial charge in [-0.3, -0.25) is 4.79 Å². The third-order valence-corrected chi connectivity index (χ3v) is 2.39. The van der Waals surface area contributed by atoms with Crippen LogP contribution < -0.4 is 0 Å². The number of aliphatic hydroxyl groups is 1. The topological polar surface area (TPSA) is 40.5 Å². The second kappa shape index (κ2) is 2.23. The maximum Gasteiger partial charge on any atom is 0.227 e. The van der Waals surface area contributed by atoms with Crippen LogP contribution in [0, 0.1) is 11.8 Å². The highest BCUT2D eigenvalue weighted by Gasteiger charge is 2.39. The predicted octanol–water partition coefficient (Wildman–Crippen LogP) is 0.0490. The van der Waals surface area contributed by atoms with E-state index >= 15 is 0 Å². The second-order valence-corrected chi connectivity index (χ2v) is 3.01. The van der Waals surface area contributed by atoms with Crippen LogP contribution in [-0.4, -0.2) is 29.2 Å². The van der Waals surface area contributed by atoms with Crippen molar-refractivity contribution in [3.63, 3.8) is 0 Å². The zero-order valence-corrected chi connectivity index (χ0v) is 6.53. The van der Waals surface area contributed by atoms with Crippen molar-refractivity contribution in [1.29, 1.82) is 0 Å². The van der Waals surface area contributed by atoms with E-state index in [0.717, 1.165) is 0 Å². The zero-order valence-electron chi connectivity index (χ0n) is 6.53. The molecule has 1 heterocycles. The number of likely N-dealkylation sites (tertiary alicyclic amines) is 1. The summed E-state index contributed by atoms with van der Waals surface area (Å²) in [6.07, 6.45) is -0.581. The van der Waals surface area contributed by atoms with Crippen LogP contribution in [0.3, 0.4) is 0 Å². The Morgan fingerprint density at radius 1 is 1.50 bits per heavy atom. The monoisotopic (exact) mass is 143 g/mol. The first kappa shape index (κ1) is 7.54. The summed E-state index contributed by atoms with van der Waals surface area (Å²) in [4.78, 5) is 12.5. The largest absolute Gasteiger partial charge is 0.373 e. The van der Waals surface area contributed by atoms with E-state index in [1.165, 1.54) is 4.90 Å². The molecule has 0 aromatic rings. The van der Waals surface area contributed by atoms with Gasteiger partial charge in [0.15, 0.2) is 0 Å². The van der Waals surface area contributed by atoms with E-state index in [1.54, 1.807) is 7.05 Å². The van der Waals surface area contributed by atoms with Gasteiger partial charge in [-0.2, -0.15) is 0 Å². The summed E-state index contributed by atoms with van der Waals surface area (Å²) in [6.45, 7) is 3.73. The Balaban J connectivity index is 2.78. The minimum Gasteiger partial charge on any atom is -0.373 e. The van der Waals surface area contributed by atoms with Gasteiger partial charge in [0.25, 0.3) is 0 Å². The van der Waals surface area contributed by atoms with Gasteiger partial charge in [0.05, 0.1) is 0 Å². The summed E-state index contributed by atoms with van der Waals surface area (Å²) in [7, 11) is 1.63. The molecular weight excluding hydrogens is 130 g/mol. The summed E-state index contributed by atoms with van der Waals surface area (Å²) in [5.74, 6) is 0.0810. The first-order chi connectivity index (χ1) is 4.55. The van der Waals surface area contributed by atoms with Crippen molar-refractivity contribution in [2.24, 2.45) is 11.8 Å². The number of amides is 1. The molecule has 1 aliphatic heterocycles. The lowest BCUT2D eigenvalue weighted by Crippen LogP contribution is -2.30. The van der Waals surface area contributed by atoms with Crippen LogP contribution >= 0.6 is 0 Å². The highest BCUT2D eigenvalue weighted by molar-refractivity contribution is 5.80. The van der Waals surface area contributed by atoms with Gasteiger partial charge in [-0.25, -0.2) is 0 Å². The summed E-state index contributed by atoms with van der Waals surface area (Å²) in [6, 6.07) is 0. The second-order valence-electron chi connectivity index (χ2n) is 3.01. The van der Waals surface area contributed by atoms with Crippen molar-refractivity contribution in [1.82, 2.24) is 4.90 Å². The average Bonchev–Trinajstić information content (AvgIpc) is 2.07. The van der Waals surface area contributed by atoms with Gasteiger partial charge in [0.2, 0.25) is 5.91 Å². The molecule has 1 aliphatic rings. The van der Waals surface area contributed by atoms with Crippen LogP contribution in [-0.2, 0) is 4.79 Å². The molecule has 1 saturated heterocycles. The highest BCUT2D eigenvalue weighted by atomic mass is 16.3. The SMILES string of the molecule is CC1C(=O)N(C)C(O)C1C. The van der Waals surface area contributed by atoms with Gasteiger partial charge in [-0.05, 0) is 0 Å². The van der Waals surface area contributed by atoms with Crippen molar-refractivity contribution >= 4 is 5.91 Å². The predicted molar refractivity (Wildman–Crippen MR) is 37.1 cm³/mol. The number of rotatable bonds is 0. The van der Waals surface area contributed by atoms with Gasteiger partial charge >= 0.3 is 0 Å². The first-order valence-corrected chi connectivity index (χ1v) is 3.50. The summed E-state index contributed by atoms with van der Waals surface area (Å²) in [5, 5.41) is 9.31. The van der Waals surface area contributed by atoms with Crippen LogP contribution in [0.5, 0.6) is 0 Å². The molecule has 3 unspecified atom stereocenters. The number of aliphatic hydroxyl groups excluding tert-OH is 1.